The summed E-state index contributed by atoms with van der Waals surface area (Å²) in [4.78, 5) is 38.0. The molecule has 3 aromatic carbocycles. The fraction of sp³-hybridized carbons (Fsp3) is 0.192. The van der Waals surface area contributed by atoms with Crippen molar-refractivity contribution in [1.29, 1.82) is 0 Å². The van der Waals surface area contributed by atoms with Crippen molar-refractivity contribution in [3.8, 4) is 0 Å². The Kier molecular flexibility index (Phi) is 8.25. The van der Waals surface area contributed by atoms with Crippen LogP contribution in [0.4, 0.5) is 0 Å². The molecule has 0 bridgehead atoms. The van der Waals surface area contributed by atoms with E-state index in [2.05, 4.69) is 16.3 Å². The van der Waals surface area contributed by atoms with Gasteiger partial charge >= 0.3 is 17.9 Å². The third-order valence-corrected chi connectivity index (χ3v) is 5.62. The summed E-state index contributed by atoms with van der Waals surface area (Å²) in [6.45, 7) is -0.271. The number of carbonyl (C=O) groups excluding carboxylic acids is 3. The number of hydrogen-bond acceptors (Lipinski definition) is 8. The van der Waals surface area contributed by atoms with Gasteiger partial charge < -0.3 is 18.9 Å². The Hall–Kier alpha value is -3.53. The van der Waals surface area contributed by atoms with E-state index in [4.69, 9.17) is 22.8 Å². The molecule has 1 heterocycles. The van der Waals surface area contributed by atoms with Gasteiger partial charge in [0.1, 0.15) is 29.0 Å². The summed E-state index contributed by atoms with van der Waals surface area (Å²) in [5, 5.41) is 0. The van der Waals surface area contributed by atoms with Gasteiger partial charge in [-0.25, -0.2) is 14.4 Å². The third-order valence-electron chi connectivity index (χ3n) is 5.25. The predicted molar refractivity (Wildman–Crippen MR) is 127 cm³/mol. The molecule has 8 nitrogen and oxygen atoms in total. The van der Waals surface area contributed by atoms with Crippen molar-refractivity contribution in [1.82, 2.24) is 0 Å². The highest BCUT2D eigenvalue weighted by atomic mass is 79.9. The maximum atomic E-state index is 12.8. The normalized spacial score (nSPS) is 21.2. The van der Waals surface area contributed by atoms with E-state index >= 15 is 0 Å². The topological polar surface area (TPSA) is 97.4 Å². The lowest BCUT2D eigenvalue weighted by molar-refractivity contribution is -0.107. The number of hydrogen-bond donors (Lipinski definition) is 0. The molecule has 180 valence electrons. The number of benzene rings is 3. The number of carbonyl (C=O) groups is 3. The quantitative estimate of drug-likeness (QED) is 0.307. The first kappa shape index (κ1) is 24.6. The molecule has 0 aliphatic carbocycles. The monoisotopic (exact) mass is 540 g/mol. The molecule has 0 amide bonds. The van der Waals surface area contributed by atoms with Crippen LogP contribution in [0.15, 0.2) is 91.0 Å². The molecule has 4 rings (SSSR count). The smallest absolute Gasteiger partial charge is 0.338 e. The maximum Gasteiger partial charge on any atom is 0.338 e. The van der Waals surface area contributed by atoms with Crippen LogP contribution in [0.5, 0.6) is 0 Å². The van der Waals surface area contributed by atoms with Crippen LogP contribution in [0.1, 0.15) is 31.1 Å². The molecule has 0 N–H and O–H groups in total. The van der Waals surface area contributed by atoms with Gasteiger partial charge in [0.25, 0.3) is 0 Å². The number of ether oxygens (including phenoxy) is 4. The van der Waals surface area contributed by atoms with Crippen LogP contribution in [0, 0.1) is 0 Å². The summed E-state index contributed by atoms with van der Waals surface area (Å²) < 4.78 is 27.7. The molecular formula is C26H21BrO8. The largest absolute Gasteiger partial charge is 0.459 e. The van der Waals surface area contributed by atoms with E-state index in [9.17, 15) is 14.4 Å². The summed E-state index contributed by atoms with van der Waals surface area (Å²) in [5.74, 6) is -1.89. The number of esters is 3. The second kappa shape index (κ2) is 11.7. The zero-order valence-electron chi connectivity index (χ0n) is 18.3. The second-order valence-corrected chi connectivity index (χ2v) is 7.94. The van der Waals surface area contributed by atoms with E-state index in [-0.39, 0.29) is 6.61 Å². The van der Waals surface area contributed by atoms with Gasteiger partial charge in [-0.05, 0) is 36.4 Å². The van der Waals surface area contributed by atoms with E-state index in [1.54, 1.807) is 91.0 Å². The molecule has 0 spiro atoms. The Morgan fingerprint density at radius 1 is 0.657 bits per heavy atom. The lowest BCUT2D eigenvalue weighted by Gasteiger charge is -2.23. The summed E-state index contributed by atoms with van der Waals surface area (Å²) in [7, 11) is 0. The molecule has 1 aliphatic heterocycles. The summed E-state index contributed by atoms with van der Waals surface area (Å²) in [6.07, 6.45) is -4.36. The van der Waals surface area contributed by atoms with Crippen molar-refractivity contribution in [2.45, 2.75) is 24.6 Å². The van der Waals surface area contributed by atoms with Crippen LogP contribution in [0.3, 0.4) is 0 Å². The molecule has 35 heavy (non-hydrogen) atoms. The third kappa shape index (κ3) is 6.13. The summed E-state index contributed by atoms with van der Waals surface area (Å²) in [5.41, 5.74) is 0.945. The van der Waals surface area contributed by atoms with Gasteiger partial charge in [0.05, 0.1) is 16.7 Å². The number of rotatable bonds is 8. The molecular weight excluding hydrogens is 520 g/mol. The van der Waals surface area contributed by atoms with E-state index in [0.717, 1.165) is 0 Å². The molecule has 1 unspecified atom stereocenters. The van der Waals surface area contributed by atoms with Gasteiger partial charge in [-0.1, -0.05) is 54.6 Å². The Bertz CT molecular complexity index is 1140. The molecule has 0 radical (unpaired) electrons. The first-order valence-electron chi connectivity index (χ1n) is 10.7. The lowest BCUT2D eigenvalue weighted by atomic mass is 10.1. The Morgan fingerprint density at radius 2 is 1.09 bits per heavy atom. The molecule has 4 atom stereocenters. The van der Waals surface area contributed by atoms with Crippen LogP contribution in [-0.4, -0.2) is 49.1 Å². The molecule has 1 aliphatic rings. The first-order chi connectivity index (χ1) is 17.1. The van der Waals surface area contributed by atoms with Gasteiger partial charge in [0.2, 0.25) is 6.29 Å². The van der Waals surface area contributed by atoms with Gasteiger partial charge in [-0.15, -0.1) is 0 Å². The zero-order valence-corrected chi connectivity index (χ0v) is 19.9. The van der Waals surface area contributed by atoms with E-state index in [1.165, 1.54) is 0 Å². The highest BCUT2D eigenvalue weighted by Crippen LogP contribution is 2.31. The predicted octanol–water partition coefficient (Wildman–Crippen LogP) is 4.35. The van der Waals surface area contributed by atoms with Gasteiger partial charge in [-0.2, -0.15) is 0 Å². The van der Waals surface area contributed by atoms with Crippen molar-refractivity contribution in [3.05, 3.63) is 108 Å². The van der Waals surface area contributed by atoms with E-state index < -0.39 is 42.5 Å². The standard InChI is InChI=1S/C26H21BrO8/c27-35-26-22(34-25(30)19-14-8-3-9-15-19)21(33-24(29)18-12-6-2-7-13-18)20(32-26)16-31-23(28)17-10-4-1-5-11-17/h1-15,20-22,26H,16H2/t20-,21-,22+,26?/m1/s1. The van der Waals surface area contributed by atoms with Gasteiger partial charge in [0, 0.05) is 0 Å². The summed E-state index contributed by atoms with van der Waals surface area (Å²) in [6, 6.07) is 25.1. The lowest BCUT2D eigenvalue weighted by Crippen LogP contribution is -2.42. The van der Waals surface area contributed by atoms with Crippen molar-refractivity contribution in [2.75, 3.05) is 6.61 Å². The van der Waals surface area contributed by atoms with Crippen LogP contribution in [0.25, 0.3) is 0 Å². The van der Waals surface area contributed by atoms with Crippen LogP contribution in [0.2, 0.25) is 0 Å². The average molecular weight is 541 g/mol. The fourth-order valence-corrected chi connectivity index (χ4v) is 3.81. The Balaban J connectivity index is 1.54. The van der Waals surface area contributed by atoms with Crippen molar-refractivity contribution < 1.29 is 37.2 Å². The van der Waals surface area contributed by atoms with Crippen LogP contribution < -0.4 is 0 Å². The molecule has 1 saturated heterocycles. The Labute approximate surface area is 210 Å². The molecule has 0 saturated carbocycles. The van der Waals surface area contributed by atoms with Crippen molar-refractivity contribution in [2.24, 2.45) is 0 Å². The maximum absolute atomic E-state index is 12.8. The minimum absolute atomic E-state index is 0.271. The highest BCUT2D eigenvalue weighted by Gasteiger charge is 2.51. The fourth-order valence-electron chi connectivity index (χ4n) is 3.51. The molecule has 0 aromatic heterocycles. The minimum Gasteiger partial charge on any atom is -0.459 e. The summed E-state index contributed by atoms with van der Waals surface area (Å²) >= 11 is 2.88. The van der Waals surface area contributed by atoms with Crippen LogP contribution in [-0.2, 0) is 22.8 Å². The number of halogens is 1. The second-order valence-electron chi connectivity index (χ2n) is 7.57. The van der Waals surface area contributed by atoms with Gasteiger partial charge in [0.15, 0.2) is 12.2 Å². The molecule has 9 heteroatoms. The highest BCUT2D eigenvalue weighted by molar-refractivity contribution is 9.06. The first-order valence-corrected chi connectivity index (χ1v) is 11.4. The zero-order chi connectivity index (χ0) is 24.6. The molecule has 3 aromatic rings. The average Bonchev–Trinajstić information content (AvgIpc) is 3.24. The van der Waals surface area contributed by atoms with E-state index in [1.807, 2.05) is 0 Å². The van der Waals surface area contributed by atoms with Gasteiger partial charge in [-0.3, -0.25) is 3.83 Å². The molecule has 1 fully saturated rings. The SMILES string of the molecule is O=C(OC[C@H]1OC(OBr)[C@@H](OC(=O)c2ccccc2)[C@@H]1OC(=O)c1ccccc1)c1ccccc1. The van der Waals surface area contributed by atoms with E-state index in [0.29, 0.717) is 16.7 Å². The van der Waals surface area contributed by atoms with Crippen molar-refractivity contribution >= 4 is 34.2 Å². The minimum atomic E-state index is -1.14. The Morgan fingerprint density at radius 3 is 1.54 bits per heavy atom. The van der Waals surface area contributed by atoms with Crippen LogP contribution >= 0.6 is 16.3 Å². The van der Waals surface area contributed by atoms with Crippen molar-refractivity contribution in [3.63, 3.8) is 0 Å².